The molecule has 0 spiro atoms. The first kappa shape index (κ1) is 16.1. The molecule has 1 aromatic rings. The van der Waals surface area contributed by atoms with Crippen LogP contribution in [0.2, 0.25) is 0 Å². The molecule has 0 aromatic heterocycles. The number of ether oxygens (including phenoxy) is 1. The molecule has 0 unspecified atom stereocenters. The molecule has 22 heavy (non-hydrogen) atoms. The monoisotopic (exact) mass is 316 g/mol. The summed E-state index contributed by atoms with van der Waals surface area (Å²) < 4.78 is 6.69. The third-order valence-electron chi connectivity index (χ3n) is 5.17. The standard InChI is InChI=1S/C20H28OS/c1-14(2)8-7-13-20(4)17-12-11-15(3)21-19(17)16-9-5-6-10-18(16)22-20/h5-6,8-10,15,17,19H,7,11-13H2,1-4H3/t15-,17-,19+,20-/m1/s1. The van der Waals surface area contributed by atoms with Gasteiger partial charge in [-0.3, -0.25) is 0 Å². The molecule has 0 amide bonds. The van der Waals surface area contributed by atoms with E-state index in [1.807, 2.05) is 0 Å². The minimum atomic E-state index is 0.283. The first-order chi connectivity index (χ1) is 10.5. The Morgan fingerprint density at radius 3 is 2.86 bits per heavy atom. The van der Waals surface area contributed by atoms with E-state index in [9.17, 15) is 0 Å². The predicted molar refractivity (Wildman–Crippen MR) is 95.4 cm³/mol. The molecule has 2 heterocycles. The van der Waals surface area contributed by atoms with Crippen molar-refractivity contribution in [1.82, 2.24) is 0 Å². The van der Waals surface area contributed by atoms with Crippen LogP contribution in [0.5, 0.6) is 0 Å². The highest BCUT2D eigenvalue weighted by Gasteiger charge is 2.47. The Morgan fingerprint density at radius 2 is 2.09 bits per heavy atom. The van der Waals surface area contributed by atoms with Crippen molar-refractivity contribution in [2.75, 3.05) is 0 Å². The van der Waals surface area contributed by atoms with E-state index in [2.05, 4.69) is 69.8 Å². The molecule has 1 fully saturated rings. The molecule has 2 aliphatic rings. The van der Waals surface area contributed by atoms with Crippen molar-refractivity contribution < 1.29 is 4.74 Å². The fraction of sp³-hybridized carbons (Fsp3) is 0.600. The molecule has 1 saturated heterocycles. The Labute approximate surface area is 139 Å². The summed E-state index contributed by atoms with van der Waals surface area (Å²) >= 11 is 2.09. The van der Waals surface area contributed by atoms with Crippen LogP contribution in [0, 0.1) is 5.92 Å². The average Bonchev–Trinajstić information content (AvgIpc) is 2.46. The Bertz CT molecular complexity index is 561. The van der Waals surface area contributed by atoms with E-state index >= 15 is 0 Å². The summed E-state index contributed by atoms with van der Waals surface area (Å²) in [6.07, 6.45) is 7.95. The number of allylic oxidation sites excluding steroid dienone is 2. The van der Waals surface area contributed by atoms with Crippen LogP contribution < -0.4 is 0 Å². The Hall–Kier alpha value is -0.730. The third kappa shape index (κ3) is 3.14. The number of hydrogen-bond acceptors (Lipinski definition) is 2. The third-order valence-corrected chi connectivity index (χ3v) is 6.74. The lowest BCUT2D eigenvalue weighted by molar-refractivity contribution is -0.0899. The lowest BCUT2D eigenvalue weighted by atomic mass is 9.76. The van der Waals surface area contributed by atoms with Gasteiger partial charge in [-0.1, -0.05) is 29.8 Å². The van der Waals surface area contributed by atoms with Crippen molar-refractivity contribution in [2.45, 2.75) is 75.2 Å². The molecular weight excluding hydrogens is 288 g/mol. The van der Waals surface area contributed by atoms with Gasteiger partial charge in [-0.2, -0.15) is 0 Å². The Kier molecular flexibility index (Phi) is 4.70. The van der Waals surface area contributed by atoms with Gasteiger partial charge < -0.3 is 4.74 Å². The van der Waals surface area contributed by atoms with Crippen LogP contribution in [0.25, 0.3) is 0 Å². The minimum absolute atomic E-state index is 0.283. The second-order valence-electron chi connectivity index (χ2n) is 7.32. The number of rotatable bonds is 3. The van der Waals surface area contributed by atoms with Crippen LogP contribution in [0.3, 0.4) is 0 Å². The molecule has 0 N–H and O–H groups in total. The van der Waals surface area contributed by atoms with Gasteiger partial charge in [0.15, 0.2) is 0 Å². The van der Waals surface area contributed by atoms with Gasteiger partial charge in [0, 0.05) is 15.6 Å². The van der Waals surface area contributed by atoms with Gasteiger partial charge in [0.1, 0.15) is 0 Å². The van der Waals surface area contributed by atoms with Crippen molar-refractivity contribution in [2.24, 2.45) is 5.92 Å². The largest absolute Gasteiger partial charge is 0.370 e. The summed E-state index contributed by atoms with van der Waals surface area (Å²) in [5.74, 6) is 0.633. The molecule has 3 rings (SSSR count). The van der Waals surface area contributed by atoms with Gasteiger partial charge in [-0.05, 0) is 65.0 Å². The van der Waals surface area contributed by atoms with Crippen LogP contribution >= 0.6 is 11.8 Å². The Morgan fingerprint density at radius 1 is 1.32 bits per heavy atom. The van der Waals surface area contributed by atoms with Crippen LogP contribution in [-0.2, 0) is 4.74 Å². The molecule has 0 aliphatic carbocycles. The fourth-order valence-corrected chi connectivity index (χ4v) is 5.48. The SMILES string of the molecule is CC(C)=CCC[C@@]1(C)Sc2ccccc2[C@@H]2O[C@H](C)CC[C@H]21. The maximum atomic E-state index is 6.41. The Balaban J connectivity index is 1.90. The molecule has 4 atom stereocenters. The van der Waals surface area contributed by atoms with E-state index < -0.39 is 0 Å². The second-order valence-corrected chi connectivity index (χ2v) is 8.90. The van der Waals surface area contributed by atoms with E-state index in [0.29, 0.717) is 12.0 Å². The maximum absolute atomic E-state index is 6.41. The molecule has 0 bridgehead atoms. The van der Waals surface area contributed by atoms with E-state index in [4.69, 9.17) is 4.74 Å². The molecule has 2 heteroatoms. The number of benzene rings is 1. The summed E-state index contributed by atoms with van der Waals surface area (Å²) in [5.41, 5.74) is 2.85. The lowest BCUT2D eigenvalue weighted by Crippen LogP contribution is -2.43. The topological polar surface area (TPSA) is 9.23 Å². The zero-order chi connectivity index (χ0) is 15.7. The first-order valence-electron chi connectivity index (χ1n) is 8.56. The van der Waals surface area contributed by atoms with Crippen LogP contribution in [-0.4, -0.2) is 10.9 Å². The molecule has 1 nitrogen and oxygen atoms in total. The van der Waals surface area contributed by atoms with Crippen LogP contribution in [0.4, 0.5) is 0 Å². The summed E-state index contributed by atoms with van der Waals surface area (Å²) in [7, 11) is 0. The minimum Gasteiger partial charge on any atom is -0.370 e. The maximum Gasteiger partial charge on any atom is 0.0880 e. The summed E-state index contributed by atoms with van der Waals surface area (Å²) in [4.78, 5) is 1.43. The lowest BCUT2D eigenvalue weighted by Gasteiger charge is -2.49. The van der Waals surface area contributed by atoms with Crippen LogP contribution in [0.15, 0.2) is 40.8 Å². The van der Waals surface area contributed by atoms with Gasteiger partial charge >= 0.3 is 0 Å². The number of thioether (sulfide) groups is 1. The van der Waals surface area contributed by atoms with Crippen LogP contribution in [0.1, 0.15) is 65.0 Å². The molecule has 1 aromatic carbocycles. The summed E-state index contributed by atoms with van der Waals surface area (Å²) in [5, 5.41) is 0. The summed E-state index contributed by atoms with van der Waals surface area (Å²) in [6, 6.07) is 8.87. The van der Waals surface area contributed by atoms with Crippen molar-refractivity contribution in [3.63, 3.8) is 0 Å². The fourth-order valence-electron chi connectivity index (χ4n) is 3.91. The molecule has 120 valence electrons. The summed E-state index contributed by atoms with van der Waals surface area (Å²) in [6.45, 7) is 9.07. The molecular formula is C20H28OS. The van der Waals surface area contributed by atoms with Gasteiger partial charge in [-0.15, -0.1) is 11.8 Å². The molecule has 2 aliphatic heterocycles. The highest BCUT2D eigenvalue weighted by atomic mass is 32.2. The molecule has 0 saturated carbocycles. The van der Waals surface area contributed by atoms with Crippen molar-refractivity contribution in [3.05, 3.63) is 41.5 Å². The number of hydrogen-bond donors (Lipinski definition) is 0. The van der Waals surface area contributed by atoms with Gasteiger partial charge in [-0.25, -0.2) is 0 Å². The normalized spacial score (nSPS) is 33.7. The van der Waals surface area contributed by atoms with Gasteiger partial charge in [0.05, 0.1) is 12.2 Å². The van der Waals surface area contributed by atoms with Gasteiger partial charge in [0.25, 0.3) is 0 Å². The number of fused-ring (bicyclic) bond motifs is 3. The van der Waals surface area contributed by atoms with E-state index in [1.165, 1.54) is 41.7 Å². The highest BCUT2D eigenvalue weighted by Crippen LogP contribution is 2.57. The van der Waals surface area contributed by atoms with Gasteiger partial charge in [0.2, 0.25) is 0 Å². The predicted octanol–water partition coefficient (Wildman–Crippen LogP) is 6.15. The zero-order valence-electron chi connectivity index (χ0n) is 14.3. The average molecular weight is 317 g/mol. The van der Waals surface area contributed by atoms with Crippen molar-refractivity contribution in [1.29, 1.82) is 0 Å². The molecule has 0 radical (unpaired) electrons. The van der Waals surface area contributed by atoms with Crippen molar-refractivity contribution >= 4 is 11.8 Å². The highest BCUT2D eigenvalue weighted by molar-refractivity contribution is 8.00. The van der Waals surface area contributed by atoms with E-state index in [-0.39, 0.29) is 10.9 Å². The quantitative estimate of drug-likeness (QED) is 0.618. The first-order valence-corrected chi connectivity index (χ1v) is 9.38. The van der Waals surface area contributed by atoms with E-state index in [0.717, 1.165) is 0 Å². The van der Waals surface area contributed by atoms with Crippen molar-refractivity contribution in [3.8, 4) is 0 Å². The zero-order valence-corrected chi connectivity index (χ0v) is 15.1. The van der Waals surface area contributed by atoms with E-state index in [1.54, 1.807) is 0 Å². The smallest absolute Gasteiger partial charge is 0.0880 e. The second kappa shape index (κ2) is 6.41.